The molecule has 0 saturated heterocycles. The maximum Gasteiger partial charge on any atom is 0.252 e. The molecule has 0 N–H and O–H groups in total. The average molecular weight is 210 g/mol. The quantitative estimate of drug-likeness (QED) is 0.684. The highest BCUT2D eigenvalue weighted by molar-refractivity contribution is 7.09. The van der Waals surface area contributed by atoms with Crippen molar-refractivity contribution < 1.29 is 4.79 Å². The van der Waals surface area contributed by atoms with Gasteiger partial charge in [-0.05, 0) is 13.8 Å². The molecule has 0 radical (unpaired) electrons. The van der Waals surface area contributed by atoms with Gasteiger partial charge < -0.3 is 4.57 Å². The third-order valence-corrected chi connectivity index (χ3v) is 3.23. The molecule has 1 aromatic rings. The summed E-state index contributed by atoms with van der Waals surface area (Å²) >= 11 is 1.54. The van der Waals surface area contributed by atoms with Crippen molar-refractivity contribution in [2.75, 3.05) is 0 Å². The molecule has 0 aliphatic heterocycles. The van der Waals surface area contributed by atoms with Gasteiger partial charge >= 0.3 is 0 Å². The van der Waals surface area contributed by atoms with E-state index in [1.807, 2.05) is 25.5 Å². The van der Waals surface area contributed by atoms with Crippen LogP contribution in [-0.4, -0.2) is 10.5 Å². The van der Waals surface area contributed by atoms with Gasteiger partial charge in [0.25, 0.3) is 5.91 Å². The molecular formula is C10H14N2OS. The Bertz CT molecular complexity index is 426. The summed E-state index contributed by atoms with van der Waals surface area (Å²) < 4.78 is 1.93. The van der Waals surface area contributed by atoms with Crippen LogP contribution in [0.2, 0.25) is 0 Å². The minimum atomic E-state index is -0.142. The number of carbonyl (C=O) groups excluding carboxylic acids is 1. The summed E-state index contributed by atoms with van der Waals surface area (Å²) in [5, 5.41) is 0. The van der Waals surface area contributed by atoms with E-state index >= 15 is 0 Å². The van der Waals surface area contributed by atoms with Crippen LogP contribution in [0.25, 0.3) is 0 Å². The monoisotopic (exact) mass is 210 g/mol. The largest absolute Gasteiger partial charge is 0.324 e. The lowest BCUT2D eigenvalue weighted by atomic mass is 10.4. The molecule has 0 aliphatic carbocycles. The van der Waals surface area contributed by atoms with Gasteiger partial charge in [0, 0.05) is 24.0 Å². The van der Waals surface area contributed by atoms with Crippen LogP contribution in [-0.2, 0) is 11.8 Å². The standard InChI is InChI=1S/C10H14N2OS/c1-5-6-9(13)11-10-12(4)7(2)8(3)14-10/h5H,1,6H2,2-4H3. The smallest absolute Gasteiger partial charge is 0.252 e. The normalized spacial score (nSPS) is 11.8. The van der Waals surface area contributed by atoms with E-state index in [2.05, 4.69) is 11.6 Å². The highest BCUT2D eigenvalue weighted by Gasteiger charge is 2.03. The van der Waals surface area contributed by atoms with Gasteiger partial charge in [0.1, 0.15) is 0 Å². The van der Waals surface area contributed by atoms with E-state index in [4.69, 9.17) is 0 Å². The molecule has 0 atom stereocenters. The molecule has 0 bridgehead atoms. The number of thiazole rings is 1. The van der Waals surface area contributed by atoms with Crippen molar-refractivity contribution in [3.05, 3.63) is 28.0 Å². The molecule has 1 rings (SSSR count). The van der Waals surface area contributed by atoms with Crippen LogP contribution in [0.3, 0.4) is 0 Å². The van der Waals surface area contributed by atoms with Crippen molar-refractivity contribution in [2.24, 2.45) is 12.0 Å². The van der Waals surface area contributed by atoms with Gasteiger partial charge in [-0.3, -0.25) is 4.79 Å². The fourth-order valence-corrected chi connectivity index (χ4v) is 2.01. The summed E-state index contributed by atoms with van der Waals surface area (Å²) in [7, 11) is 1.92. The summed E-state index contributed by atoms with van der Waals surface area (Å²) in [6, 6.07) is 0. The summed E-state index contributed by atoms with van der Waals surface area (Å²) in [5.41, 5.74) is 1.15. The predicted octanol–water partition coefficient (Wildman–Crippen LogP) is 1.71. The van der Waals surface area contributed by atoms with E-state index in [1.165, 1.54) is 16.2 Å². The molecule has 76 valence electrons. The number of nitrogens with zero attached hydrogens (tertiary/aromatic N) is 2. The lowest BCUT2D eigenvalue weighted by molar-refractivity contribution is -0.117. The van der Waals surface area contributed by atoms with Gasteiger partial charge in [-0.15, -0.1) is 17.9 Å². The van der Waals surface area contributed by atoms with Crippen LogP contribution in [0.4, 0.5) is 0 Å². The highest BCUT2D eigenvalue weighted by atomic mass is 32.1. The lowest BCUT2D eigenvalue weighted by Gasteiger charge is -1.94. The first-order valence-corrected chi connectivity index (χ1v) is 5.19. The number of amides is 1. The molecule has 0 saturated carbocycles. The average Bonchev–Trinajstić information content (AvgIpc) is 2.34. The Hall–Kier alpha value is -1.16. The zero-order valence-electron chi connectivity index (χ0n) is 8.70. The first-order chi connectivity index (χ1) is 6.56. The van der Waals surface area contributed by atoms with Crippen LogP contribution in [0, 0.1) is 13.8 Å². The second kappa shape index (κ2) is 4.37. The zero-order chi connectivity index (χ0) is 10.7. The fraction of sp³-hybridized carbons (Fsp3) is 0.400. The van der Waals surface area contributed by atoms with E-state index in [1.54, 1.807) is 6.08 Å². The molecule has 1 aromatic heterocycles. The van der Waals surface area contributed by atoms with Crippen molar-refractivity contribution in [3.63, 3.8) is 0 Å². The zero-order valence-corrected chi connectivity index (χ0v) is 9.52. The third kappa shape index (κ3) is 2.20. The van der Waals surface area contributed by atoms with Crippen molar-refractivity contribution in [1.82, 2.24) is 4.57 Å². The highest BCUT2D eigenvalue weighted by Crippen LogP contribution is 2.07. The first-order valence-electron chi connectivity index (χ1n) is 4.37. The maximum atomic E-state index is 11.2. The molecule has 0 aromatic carbocycles. The molecule has 0 spiro atoms. The Morgan fingerprint density at radius 3 is 2.71 bits per heavy atom. The van der Waals surface area contributed by atoms with Gasteiger partial charge in [-0.2, -0.15) is 4.99 Å². The van der Waals surface area contributed by atoms with E-state index in [0.717, 1.165) is 10.5 Å². The Labute approximate surface area is 87.4 Å². The van der Waals surface area contributed by atoms with E-state index in [-0.39, 0.29) is 5.91 Å². The van der Waals surface area contributed by atoms with Gasteiger partial charge in [-0.25, -0.2) is 0 Å². The van der Waals surface area contributed by atoms with Gasteiger partial charge in [0.15, 0.2) is 4.80 Å². The molecule has 14 heavy (non-hydrogen) atoms. The lowest BCUT2D eigenvalue weighted by Crippen LogP contribution is -2.14. The Morgan fingerprint density at radius 2 is 2.29 bits per heavy atom. The van der Waals surface area contributed by atoms with Gasteiger partial charge in [0.05, 0.1) is 0 Å². The second-order valence-electron chi connectivity index (χ2n) is 3.08. The van der Waals surface area contributed by atoms with Crippen LogP contribution < -0.4 is 4.80 Å². The minimum absolute atomic E-state index is 0.142. The molecule has 3 nitrogen and oxygen atoms in total. The Kier molecular flexibility index (Phi) is 3.41. The third-order valence-electron chi connectivity index (χ3n) is 2.08. The van der Waals surface area contributed by atoms with Crippen LogP contribution in [0.15, 0.2) is 17.6 Å². The van der Waals surface area contributed by atoms with Gasteiger partial charge in [-0.1, -0.05) is 6.08 Å². The molecule has 1 amide bonds. The van der Waals surface area contributed by atoms with Crippen molar-refractivity contribution >= 4 is 17.2 Å². The number of hydrogen-bond donors (Lipinski definition) is 0. The first kappa shape index (κ1) is 10.9. The van der Waals surface area contributed by atoms with Crippen LogP contribution in [0.5, 0.6) is 0 Å². The van der Waals surface area contributed by atoms with Gasteiger partial charge in [0.2, 0.25) is 0 Å². The number of aromatic nitrogens is 1. The van der Waals surface area contributed by atoms with E-state index in [9.17, 15) is 4.79 Å². The summed E-state index contributed by atoms with van der Waals surface area (Å²) in [6.07, 6.45) is 1.87. The maximum absolute atomic E-state index is 11.2. The number of rotatable bonds is 2. The molecule has 0 unspecified atom stereocenters. The SMILES string of the molecule is C=CCC(=O)N=c1sc(C)c(C)n1C. The molecule has 0 fully saturated rings. The fourth-order valence-electron chi connectivity index (χ4n) is 1.03. The van der Waals surface area contributed by atoms with Crippen molar-refractivity contribution in [3.8, 4) is 0 Å². The van der Waals surface area contributed by atoms with Crippen molar-refractivity contribution in [2.45, 2.75) is 20.3 Å². The van der Waals surface area contributed by atoms with Crippen LogP contribution in [0.1, 0.15) is 17.0 Å². The second-order valence-corrected chi connectivity index (χ2v) is 4.27. The molecule has 0 aliphatic rings. The Balaban J connectivity index is 3.13. The Morgan fingerprint density at radius 1 is 1.64 bits per heavy atom. The number of carbonyl (C=O) groups is 1. The summed E-state index contributed by atoms with van der Waals surface area (Å²) in [4.78, 5) is 17.2. The van der Waals surface area contributed by atoms with Crippen molar-refractivity contribution in [1.29, 1.82) is 0 Å². The van der Waals surface area contributed by atoms with E-state index in [0.29, 0.717) is 6.42 Å². The topological polar surface area (TPSA) is 34.4 Å². The predicted molar refractivity (Wildman–Crippen MR) is 58.1 cm³/mol. The number of aryl methyl sites for hydroxylation is 1. The summed E-state index contributed by atoms with van der Waals surface area (Å²) in [5.74, 6) is -0.142. The summed E-state index contributed by atoms with van der Waals surface area (Å²) in [6.45, 7) is 7.54. The number of hydrogen-bond acceptors (Lipinski definition) is 2. The molecular weight excluding hydrogens is 196 g/mol. The molecule has 4 heteroatoms. The molecule has 1 heterocycles. The van der Waals surface area contributed by atoms with E-state index < -0.39 is 0 Å². The van der Waals surface area contributed by atoms with Crippen LogP contribution >= 0.6 is 11.3 Å². The minimum Gasteiger partial charge on any atom is -0.324 e.